The molecule has 1 saturated heterocycles. The van der Waals surface area contributed by atoms with Crippen LogP contribution in [0.4, 0.5) is 15.8 Å². The summed E-state index contributed by atoms with van der Waals surface area (Å²) in [6, 6.07) is 13.6. The van der Waals surface area contributed by atoms with Crippen LogP contribution in [0.1, 0.15) is 16.2 Å². The summed E-state index contributed by atoms with van der Waals surface area (Å²) >= 11 is 0. The van der Waals surface area contributed by atoms with Crippen LogP contribution >= 0.6 is 0 Å². The first-order valence-electron chi connectivity index (χ1n) is 9.56. The molecule has 0 atom stereocenters. The number of nitrogens with zero attached hydrogens (tertiary/aromatic N) is 3. The number of amides is 1. The van der Waals surface area contributed by atoms with Gasteiger partial charge in [-0.2, -0.15) is 0 Å². The topological polar surface area (TPSA) is 70.2 Å². The van der Waals surface area contributed by atoms with Crippen LogP contribution in [0.15, 0.2) is 54.7 Å². The lowest BCUT2D eigenvalue weighted by molar-refractivity contribution is 0.102. The number of benzene rings is 2. The number of carbonyl (C=O) groups excluding carboxylic acids is 1. The number of piperazine rings is 1. The molecule has 0 unspecified atom stereocenters. The van der Waals surface area contributed by atoms with E-state index in [4.69, 9.17) is 0 Å². The van der Waals surface area contributed by atoms with Gasteiger partial charge in [-0.1, -0.05) is 0 Å². The van der Waals surface area contributed by atoms with Crippen molar-refractivity contribution >= 4 is 17.3 Å². The van der Waals surface area contributed by atoms with Gasteiger partial charge in [0.05, 0.1) is 5.69 Å². The number of aromatic nitrogens is 2. The Bertz CT molecular complexity index is 1020. The number of hydrogen-bond donors (Lipinski definition) is 2. The Morgan fingerprint density at radius 3 is 2.59 bits per heavy atom. The molecule has 0 saturated carbocycles. The van der Waals surface area contributed by atoms with Crippen LogP contribution in [0.2, 0.25) is 0 Å². The van der Waals surface area contributed by atoms with Crippen molar-refractivity contribution in [1.29, 1.82) is 0 Å². The predicted octanol–water partition coefficient (Wildman–Crippen LogP) is 3.25. The second kappa shape index (κ2) is 8.36. The highest BCUT2D eigenvalue weighted by Crippen LogP contribution is 2.22. The molecular formula is C22H22FN5O. The van der Waals surface area contributed by atoms with E-state index in [0.717, 1.165) is 31.9 Å². The lowest BCUT2D eigenvalue weighted by Gasteiger charge is -2.29. The van der Waals surface area contributed by atoms with Crippen molar-refractivity contribution in [1.82, 2.24) is 15.3 Å². The summed E-state index contributed by atoms with van der Waals surface area (Å²) in [6.45, 7) is 5.61. The molecule has 2 heterocycles. The minimum atomic E-state index is -0.488. The molecular weight excluding hydrogens is 369 g/mol. The minimum absolute atomic E-state index is 0.238. The summed E-state index contributed by atoms with van der Waals surface area (Å²) in [5.74, 6) is -0.272. The quantitative estimate of drug-likeness (QED) is 0.715. The second-order valence-electron chi connectivity index (χ2n) is 6.96. The fraction of sp³-hybridized carbons (Fsp3) is 0.227. The number of anilines is 2. The molecule has 1 aromatic heterocycles. The SMILES string of the molecule is Cc1nccc(-c2cc(F)cc(C(=O)Nc3ccc(N4CCNCC4)cc3)c2)n1. The molecule has 1 fully saturated rings. The van der Waals surface area contributed by atoms with Crippen molar-refractivity contribution in [2.45, 2.75) is 6.92 Å². The predicted molar refractivity (Wildman–Crippen MR) is 112 cm³/mol. The molecule has 1 aliphatic rings. The Balaban J connectivity index is 1.51. The fourth-order valence-corrected chi connectivity index (χ4v) is 3.37. The summed E-state index contributed by atoms with van der Waals surface area (Å²) in [6.07, 6.45) is 1.61. The highest BCUT2D eigenvalue weighted by molar-refractivity contribution is 6.05. The summed E-state index contributed by atoms with van der Waals surface area (Å²) < 4.78 is 14.1. The highest BCUT2D eigenvalue weighted by atomic mass is 19.1. The lowest BCUT2D eigenvalue weighted by Crippen LogP contribution is -2.43. The van der Waals surface area contributed by atoms with Crippen molar-refractivity contribution in [3.8, 4) is 11.3 Å². The number of halogens is 1. The molecule has 0 radical (unpaired) electrons. The normalized spacial score (nSPS) is 13.9. The number of carbonyl (C=O) groups is 1. The fourth-order valence-electron chi connectivity index (χ4n) is 3.37. The van der Waals surface area contributed by atoms with Crippen LogP contribution in [0, 0.1) is 12.7 Å². The van der Waals surface area contributed by atoms with Gasteiger partial charge in [-0.05, 0) is 55.5 Å². The van der Waals surface area contributed by atoms with Gasteiger partial charge >= 0.3 is 0 Å². The van der Waals surface area contributed by atoms with E-state index in [2.05, 4.69) is 25.5 Å². The Labute approximate surface area is 168 Å². The first kappa shape index (κ1) is 19.0. The minimum Gasteiger partial charge on any atom is -0.369 e. The van der Waals surface area contributed by atoms with Crippen molar-refractivity contribution in [2.75, 3.05) is 36.4 Å². The van der Waals surface area contributed by atoms with E-state index in [-0.39, 0.29) is 11.5 Å². The van der Waals surface area contributed by atoms with E-state index in [1.54, 1.807) is 25.3 Å². The average Bonchev–Trinajstić information content (AvgIpc) is 2.74. The molecule has 1 aliphatic heterocycles. The summed E-state index contributed by atoms with van der Waals surface area (Å²) in [7, 11) is 0. The van der Waals surface area contributed by atoms with E-state index < -0.39 is 5.82 Å². The number of hydrogen-bond acceptors (Lipinski definition) is 5. The van der Waals surface area contributed by atoms with Crippen LogP contribution in [-0.4, -0.2) is 42.1 Å². The monoisotopic (exact) mass is 391 g/mol. The summed E-state index contributed by atoms with van der Waals surface area (Å²) in [5.41, 5.74) is 3.14. The van der Waals surface area contributed by atoms with Gasteiger partial charge in [0.15, 0.2) is 0 Å². The van der Waals surface area contributed by atoms with Crippen molar-refractivity contribution in [3.05, 3.63) is 71.9 Å². The first-order valence-corrected chi connectivity index (χ1v) is 9.56. The van der Waals surface area contributed by atoms with Gasteiger partial charge in [-0.15, -0.1) is 0 Å². The molecule has 2 N–H and O–H groups in total. The van der Waals surface area contributed by atoms with Crippen molar-refractivity contribution < 1.29 is 9.18 Å². The zero-order valence-electron chi connectivity index (χ0n) is 16.2. The Hall–Kier alpha value is -3.32. The van der Waals surface area contributed by atoms with Gasteiger partial charge in [0.1, 0.15) is 11.6 Å². The van der Waals surface area contributed by atoms with Crippen LogP contribution in [-0.2, 0) is 0 Å². The standard InChI is InChI=1S/C22H22FN5O/c1-15-25-7-6-21(26-15)16-12-17(14-18(23)13-16)22(29)27-19-2-4-20(5-3-19)28-10-8-24-9-11-28/h2-7,12-14,24H,8-11H2,1H3,(H,27,29). The third-order valence-electron chi connectivity index (χ3n) is 4.84. The molecule has 7 heteroatoms. The van der Waals surface area contributed by atoms with E-state index in [9.17, 15) is 9.18 Å². The molecule has 1 amide bonds. The Morgan fingerprint density at radius 1 is 1.10 bits per heavy atom. The van der Waals surface area contributed by atoms with Gasteiger partial charge in [0.2, 0.25) is 0 Å². The van der Waals surface area contributed by atoms with Gasteiger partial charge in [-0.3, -0.25) is 4.79 Å². The van der Waals surface area contributed by atoms with Crippen molar-refractivity contribution in [2.24, 2.45) is 0 Å². The third-order valence-corrected chi connectivity index (χ3v) is 4.84. The maximum absolute atomic E-state index is 14.1. The summed E-state index contributed by atoms with van der Waals surface area (Å²) in [5, 5.41) is 6.16. The van der Waals surface area contributed by atoms with E-state index in [0.29, 0.717) is 22.8 Å². The second-order valence-corrected chi connectivity index (χ2v) is 6.96. The molecule has 0 bridgehead atoms. The maximum atomic E-state index is 14.1. The lowest BCUT2D eigenvalue weighted by atomic mass is 10.1. The molecule has 6 nitrogen and oxygen atoms in total. The molecule has 148 valence electrons. The average molecular weight is 391 g/mol. The van der Waals surface area contributed by atoms with E-state index >= 15 is 0 Å². The van der Waals surface area contributed by atoms with Crippen LogP contribution in [0.3, 0.4) is 0 Å². The number of aryl methyl sites for hydroxylation is 1. The molecule has 2 aromatic carbocycles. The first-order chi connectivity index (χ1) is 14.1. The number of nitrogens with one attached hydrogen (secondary N) is 2. The largest absolute Gasteiger partial charge is 0.369 e. The van der Waals surface area contributed by atoms with E-state index in [1.165, 1.54) is 12.1 Å². The zero-order chi connectivity index (χ0) is 20.2. The number of rotatable bonds is 4. The van der Waals surface area contributed by atoms with Crippen LogP contribution in [0.5, 0.6) is 0 Å². The molecule has 0 spiro atoms. The molecule has 0 aliphatic carbocycles. The third kappa shape index (κ3) is 4.57. The molecule has 29 heavy (non-hydrogen) atoms. The van der Waals surface area contributed by atoms with Crippen LogP contribution < -0.4 is 15.5 Å². The summed E-state index contributed by atoms with van der Waals surface area (Å²) in [4.78, 5) is 23.3. The van der Waals surface area contributed by atoms with Gasteiger partial charge < -0.3 is 15.5 Å². The van der Waals surface area contributed by atoms with Crippen LogP contribution in [0.25, 0.3) is 11.3 Å². The van der Waals surface area contributed by atoms with Gasteiger partial charge in [0, 0.05) is 54.9 Å². The van der Waals surface area contributed by atoms with Gasteiger partial charge in [0.25, 0.3) is 5.91 Å². The van der Waals surface area contributed by atoms with E-state index in [1.807, 2.05) is 24.3 Å². The maximum Gasteiger partial charge on any atom is 0.255 e. The highest BCUT2D eigenvalue weighted by Gasteiger charge is 2.13. The smallest absolute Gasteiger partial charge is 0.255 e. The molecule has 3 aromatic rings. The zero-order valence-corrected chi connectivity index (χ0v) is 16.2. The van der Waals surface area contributed by atoms with Gasteiger partial charge in [-0.25, -0.2) is 14.4 Å². The Kier molecular flexibility index (Phi) is 5.48. The molecule has 4 rings (SSSR count). The Morgan fingerprint density at radius 2 is 1.86 bits per heavy atom. The van der Waals surface area contributed by atoms with Crippen molar-refractivity contribution in [3.63, 3.8) is 0 Å².